The molecule has 2 rings (SSSR count). The lowest BCUT2D eigenvalue weighted by Gasteiger charge is -2.27. The number of piperidine rings is 1. The van der Waals surface area contributed by atoms with Crippen molar-refractivity contribution in [2.75, 3.05) is 13.2 Å². The zero-order chi connectivity index (χ0) is 11.4. The van der Waals surface area contributed by atoms with Gasteiger partial charge in [-0.1, -0.05) is 0 Å². The lowest BCUT2D eigenvalue weighted by atomic mass is 9.96. The van der Waals surface area contributed by atoms with E-state index < -0.39 is 0 Å². The fourth-order valence-corrected chi connectivity index (χ4v) is 1.94. The van der Waals surface area contributed by atoms with Gasteiger partial charge in [0.05, 0.1) is 6.61 Å². The fourth-order valence-electron chi connectivity index (χ4n) is 1.94. The Morgan fingerprint density at radius 3 is 2.69 bits per heavy atom. The van der Waals surface area contributed by atoms with Crippen LogP contribution >= 0.6 is 0 Å². The summed E-state index contributed by atoms with van der Waals surface area (Å²) in [6.07, 6.45) is 2.41. The van der Waals surface area contributed by atoms with Gasteiger partial charge in [0.1, 0.15) is 11.6 Å². The van der Waals surface area contributed by atoms with E-state index in [2.05, 4.69) is 12.2 Å². The molecular weight excluding hydrogens is 205 g/mol. The van der Waals surface area contributed by atoms with E-state index in [4.69, 9.17) is 4.74 Å². The molecule has 0 aliphatic carbocycles. The van der Waals surface area contributed by atoms with Crippen molar-refractivity contribution in [2.45, 2.75) is 25.8 Å². The van der Waals surface area contributed by atoms with Gasteiger partial charge in [-0.25, -0.2) is 4.39 Å². The molecule has 88 valence electrons. The van der Waals surface area contributed by atoms with Gasteiger partial charge in [0.15, 0.2) is 0 Å². The van der Waals surface area contributed by atoms with Crippen LogP contribution in [-0.4, -0.2) is 19.2 Å². The van der Waals surface area contributed by atoms with Crippen LogP contribution in [0.3, 0.4) is 0 Å². The van der Waals surface area contributed by atoms with Crippen molar-refractivity contribution in [1.82, 2.24) is 5.32 Å². The van der Waals surface area contributed by atoms with Crippen molar-refractivity contribution in [1.29, 1.82) is 0 Å². The highest BCUT2D eigenvalue weighted by Gasteiger charge is 2.17. The van der Waals surface area contributed by atoms with Gasteiger partial charge in [-0.15, -0.1) is 0 Å². The summed E-state index contributed by atoms with van der Waals surface area (Å²) in [5.74, 6) is 1.10. The van der Waals surface area contributed by atoms with Gasteiger partial charge < -0.3 is 10.1 Å². The smallest absolute Gasteiger partial charge is 0.123 e. The van der Waals surface area contributed by atoms with Gasteiger partial charge in [0.25, 0.3) is 0 Å². The molecule has 0 amide bonds. The van der Waals surface area contributed by atoms with Gasteiger partial charge in [0.2, 0.25) is 0 Å². The van der Waals surface area contributed by atoms with Crippen molar-refractivity contribution in [2.24, 2.45) is 5.92 Å². The Morgan fingerprint density at radius 2 is 2.06 bits per heavy atom. The molecule has 2 nitrogen and oxygen atoms in total. The van der Waals surface area contributed by atoms with Crippen LogP contribution < -0.4 is 10.1 Å². The molecule has 0 unspecified atom stereocenters. The predicted molar refractivity (Wildman–Crippen MR) is 62.1 cm³/mol. The van der Waals surface area contributed by atoms with E-state index in [1.165, 1.54) is 25.0 Å². The Hall–Kier alpha value is -1.09. The summed E-state index contributed by atoms with van der Waals surface area (Å²) in [6, 6.07) is 6.83. The van der Waals surface area contributed by atoms with E-state index in [1.807, 2.05) is 0 Å². The maximum Gasteiger partial charge on any atom is 0.123 e. The number of nitrogens with one attached hydrogen (secondary N) is 1. The lowest BCUT2D eigenvalue weighted by molar-refractivity contribution is 0.204. The van der Waals surface area contributed by atoms with Gasteiger partial charge in [-0.05, 0) is 44.0 Å². The fraction of sp³-hybridized carbons (Fsp3) is 0.538. The first kappa shape index (κ1) is 11.4. The van der Waals surface area contributed by atoms with E-state index in [1.54, 1.807) is 12.1 Å². The number of benzene rings is 1. The highest BCUT2D eigenvalue weighted by atomic mass is 19.1. The molecule has 3 heteroatoms. The number of halogens is 1. The maximum atomic E-state index is 12.7. The van der Waals surface area contributed by atoms with Crippen LogP contribution in [0.2, 0.25) is 0 Å². The van der Waals surface area contributed by atoms with Gasteiger partial charge in [0, 0.05) is 18.5 Å². The monoisotopic (exact) mass is 223 g/mol. The molecule has 1 aliphatic heterocycles. The first-order valence-electron chi connectivity index (χ1n) is 5.86. The lowest BCUT2D eigenvalue weighted by Crippen LogP contribution is -2.38. The second-order valence-electron chi connectivity index (χ2n) is 4.52. The van der Waals surface area contributed by atoms with E-state index in [-0.39, 0.29) is 5.82 Å². The zero-order valence-corrected chi connectivity index (χ0v) is 9.58. The molecular formula is C13H18FNO. The summed E-state index contributed by atoms with van der Waals surface area (Å²) in [5.41, 5.74) is 0. The summed E-state index contributed by atoms with van der Waals surface area (Å²) in [6.45, 7) is 3.94. The first-order valence-corrected chi connectivity index (χ1v) is 5.86. The number of ether oxygens (including phenoxy) is 1. The summed E-state index contributed by atoms with van der Waals surface area (Å²) in [5, 5.41) is 3.44. The molecule has 0 aromatic heterocycles. The van der Waals surface area contributed by atoms with E-state index >= 15 is 0 Å². The SMILES string of the molecule is C[C@@H]1CC[C@@H](COc2ccc(F)cc2)CN1. The average Bonchev–Trinajstić information content (AvgIpc) is 2.30. The maximum absolute atomic E-state index is 12.7. The molecule has 0 saturated carbocycles. The Kier molecular flexibility index (Phi) is 3.78. The van der Waals surface area contributed by atoms with Crippen molar-refractivity contribution in [3.8, 4) is 5.75 Å². The molecule has 1 aromatic rings. The number of hydrogen-bond acceptors (Lipinski definition) is 2. The summed E-state index contributed by atoms with van der Waals surface area (Å²) in [4.78, 5) is 0. The zero-order valence-electron chi connectivity index (χ0n) is 9.58. The van der Waals surface area contributed by atoms with E-state index in [9.17, 15) is 4.39 Å². The Balaban J connectivity index is 1.77. The first-order chi connectivity index (χ1) is 7.74. The molecule has 0 bridgehead atoms. The van der Waals surface area contributed by atoms with Crippen LogP contribution in [0.4, 0.5) is 4.39 Å². The molecule has 1 heterocycles. The largest absolute Gasteiger partial charge is 0.493 e. The van der Waals surface area contributed by atoms with Crippen molar-refractivity contribution in [3.05, 3.63) is 30.1 Å². The van der Waals surface area contributed by atoms with Crippen LogP contribution in [0.25, 0.3) is 0 Å². The minimum absolute atomic E-state index is 0.222. The molecule has 1 aromatic carbocycles. The van der Waals surface area contributed by atoms with Crippen molar-refractivity contribution >= 4 is 0 Å². The van der Waals surface area contributed by atoms with Gasteiger partial charge >= 0.3 is 0 Å². The van der Waals surface area contributed by atoms with Gasteiger partial charge in [-0.2, -0.15) is 0 Å². The number of hydrogen-bond donors (Lipinski definition) is 1. The predicted octanol–water partition coefficient (Wildman–Crippen LogP) is 2.59. The second-order valence-corrected chi connectivity index (χ2v) is 4.52. The molecule has 0 radical (unpaired) electrons. The highest BCUT2D eigenvalue weighted by Crippen LogP contribution is 2.17. The summed E-state index contributed by atoms with van der Waals surface area (Å²) >= 11 is 0. The van der Waals surface area contributed by atoms with Crippen molar-refractivity contribution < 1.29 is 9.13 Å². The standard InChI is InChI=1S/C13H18FNO/c1-10-2-3-11(8-15-10)9-16-13-6-4-12(14)5-7-13/h4-7,10-11,15H,2-3,8-9H2,1H3/t10-,11-/m1/s1. The topological polar surface area (TPSA) is 21.3 Å². The van der Waals surface area contributed by atoms with Crippen LogP contribution in [0, 0.1) is 11.7 Å². The van der Waals surface area contributed by atoms with Crippen LogP contribution in [0.5, 0.6) is 5.75 Å². The molecule has 2 atom stereocenters. The highest BCUT2D eigenvalue weighted by molar-refractivity contribution is 5.22. The molecule has 16 heavy (non-hydrogen) atoms. The van der Waals surface area contributed by atoms with Crippen LogP contribution in [-0.2, 0) is 0 Å². The third-order valence-electron chi connectivity index (χ3n) is 3.06. The summed E-state index contributed by atoms with van der Waals surface area (Å²) < 4.78 is 18.3. The van der Waals surface area contributed by atoms with Crippen molar-refractivity contribution in [3.63, 3.8) is 0 Å². The normalized spacial score (nSPS) is 25.4. The van der Waals surface area contributed by atoms with Crippen LogP contribution in [0.1, 0.15) is 19.8 Å². The third kappa shape index (κ3) is 3.20. The van der Waals surface area contributed by atoms with E-state index in [0.29, 0.717) is 18.6 Å². The summed E-state index contributed by atoms with van der Waals surface area (Å²) in [7, 11) is 0. The second kappa shape index (κ2) is 5.30. The third-order valence-corrected chi connectivity index (χ3v) is 3.06. The molecule has 1 saturated heterocycles. The molecule has 1 aliphatic rings. The molecule has 1 N–H and O–H groups in total. The molecule has 0 spiro atoms. The van der Waals surface area contributed by atoms with Gasteiger partial charge in [-0.3, -0.25) is 0 Å². The average molecular weight is 223 g/mol. The number of rotatable bonds is 3. The molecule has 1 fully saturated rings. The minimum Gasteiger partial charge on any atom is -0.493 e. The Labute approximate surface area is 95.8 Å². The Morgan fingerprint density at radius 1 is 1.31 bits per heavy atom. The minimum atomic E-state index is -0.222. The Bertz CT molecular complexity index is 317. The van der Waals surface area contributed by atoms with E-state index in [0.717, 1.165) is 12.3 Å². The quantitative estimate of drug-likeness (QED) is 0.850. The van der Waals surface area contributed by atoms with Crippen LogP contribution in [0.15, 0.2) is 24.3 Å².